The number of hydrogen-bond acceptors (Lipinski definition) is 2. The summed E-state index contributed by atoms with van der Waals surface area (Å²) >= 11 is 0. The molecule has 3 nitrogen and oxygen atoms in total. The van der Waals surface area contributed by atoms with Crippen molar-refractivity contribution in [2.75, 3.05) is 13.1 Å². The second-order valence-corrected chi connectivity index (χ2v) is 5.14. The van der Waals surface area contributed by atoms with Gasteiger partial charge in [-0.1, -0.05) is 13.3 Å². The summed E-state index contributed by atoms with van der Waals surface area (Å²) in [4.78, 5) is 24.7. The Hall–Kier alpha value is -0.860. The summed E-state index contributed by atoms with van der Waals surface area (Å²) in [5.41, 5.74) is 0. The molecule has 1 fully saturated rings. The van der Waals surface area contributed by atoms with Crippen molar-refractivity contribution in [1.82, 2.24) is 4.90 Å². The van der Waals surface area contributed by atoms with Gasteiger partial charge in [-0.25, -0.2) is 0 Å². The molecule has 1 aliphatic rings. The van der Waals surface area contributed by atoms with Gasteiger partial charge in [0.15, 0.2) is 0 Å². The average molecular weight is 239 g/mol. The van der Waals surface area contributed by atoms with E-state index < -0.39 is 0 Å². The molecule has 0 aromatic carbocycles. The molecule has 17 heavy (non-hydrogen) atoms. The fourth-order valence-corrected chi connectivity index (χ4v) is 2.41. The van der Waals surface area contributed by atoms with E-state index in [1.165, 1.54) is 6.42 Å². The van der Waals surface area contributed by atoms with E-state index in [4.69, 9.17) is 0 Å². The standard InChI is InChI=1S/C14H25NO2/c1-3-13-7-8-14(17)15(11-9-13)10-5-4-6-12(2)16/h13H,3-11H2,1-2H3. The minimum atomic E-state index is 0.248. The van der Waals surface area contributed by atoms with E-state index in [9.17, 15) is 9.59 Å². The molecule has 3 heteroatoms. The quantitative estimate of drug-likeness (QED) is 0.668. The maximum absolute atomic E-state index is 11.9. The normalized spacial score (nSPS) is 21.4. The lowest BCUT2D eigenvalue weighted by atomic mass is 9.98. The molecule has 0 aliphatic carbocycles. The van der Waals surface area contributed by atoms with E-state index in [1.54, 1.807) is 6.92 Å². The maximum Gasteiger partial charge on any atom is 0.222 e. The Labute approximate surface area is 105 Å². The molecule has 0 N–H and O–H groups in total. The molecule has 0 bridgehead atoms. The molecule has 1 unspecified atom stereocenters. The molecule has 0 spiro atoms. The highest BCUT2D eigenvalue weighted by Crippen LogP contribution is 2.21. The monoisotopic (exact) mass is 239 g/mol. The fourth-order valence-electron chi connectivity index (χ4n) is 2.41. The lowest BCUT2D eigenvalue weighted by molar-refractivity contribution is -0.130. The molecule has 0 radical (unpaired) electrons. The van der Waals surface area contributed by atoms with Crippen molar-refractivity contribution in [3.05, 3.63) is 0 Å². The molecular formula is C14H25NO2. The van der Waals surface area contributed by atoms with Crippen LogP contribution in [0.1, 0.15) is 58.8 Å². The highest BCUT2D eigenvalue weighted by atomic mass is 16.2. The van der Waals surface area contributed by atoms with Gasteiger partial charge in [-0.2, -0.15) is 0 Å². The number of Topliss-reactive ketones (excluding diaryl/α,β-unsaturated/α-hetero) is 1. The third-order valence-corrected chi connectivity index (χ3v) is 3.71. The molecule has 1 rings (SSSR count). The van der Waals surface area contributed by atoms with Crippen LogP contribution in [0.3, 0.4) is 0 Å². The van der Waals surface area contributed by atoms with Gasteiger partial charge in [0, 0.05) is 25.9 Å². The number of likely N-dealkylation sites (tertiary alicyclic amines) is 1. The fraction of sp³-hybridized carbons (Fsp3) is 0.857. The lowest BCUT2D eigenvalue weighted by Crippen LogP contribution is -2.31. The van der Waals surface area contributed by atoms with E-state index in [-0.39, 0.29) is 5.78 Å². The number of carbonyl (C=O) groups is 2. The Kier molecular flexibility index (Phi) is 6.23. The van der Waals surface area contributed by atoms with Crippen molar-refractivity contribution in [1.29, 1.82) is 0 Å². The lowest BCUT2D eigenvalue weighted by Gasteiger charge is -2.20. The van der Waals surface area contributed by atoms with Crippen LogP contribution in [0.5, 0.6) is 0 Å². The SMILES string of the molecule is CCC1CCC(=O)N(CCCCC(C)=O)CC1. The predicted octanol–water partition coefficient (Wildman–Crippen LogP) is 2.78. The van der Waals surface area contributed by atoms with Crippen molar-refractivity contribution in [2.24, 2.45) is 5.92 Å². The van der Waals surface area contributed by atoms with Crippen LogP contribution in [0, 0.1) is 5.92 Å². The number of unbranched alkanes of at least 4 members (excludes halogenated alkanes) is 1. The van der Waals surface area contributed by atoms with Crippen LogP contribution in [0.4, 0.5) is 0 Å². The molecule has 98 valence electrons. The zero-order valence-electron chi connectivity index (χ0n) is 11.2. The van der Waals surface area contributed by atoms with E-state index in [0.717, 1.165) is 44.7 Å². The third-order valence-electron chi connectivity index (χ3n) is 3.71. The molecule has 0 saturated carbocycles. The topological polar surface area (TPSA) is 37.4 Å². The van der Waals surface area contributed by atoms with Crippen LogP contribution >= 0.6 is 0 Å². The van der Waals surface area contributed by atoms with E-state index in [1.807, 2.05) is 4.90 Å². The minimum Gasteiger partial charge on any atom is -0.343 e. The number of amides is 1. The van der Waals surface area contributed by atoms with Gasteiger partial charge in [0.25, 0.3) is 0 Å². The average Bonchev–Trinajstić information content (AvgIpc) is 2.47. The minimum absolute atomic E-state index is 0.248. The first-order valence-electron chi connectivity index (χ1n) is 6.90. The first-order chi connectivity index (χ1) is 8.13. The summed E-state index contributed by atoms with van der Waals surface area (Å²) in [6.07, 6.45) is 6.63. The number of rotatable bonds is 6. The van der Waals surface area contributed by atoms with Crippen molar-refractivity contribution >= 4 is 11.7 Å². The second kappa shape index (κ2) is 7.46. The van der Waals surface area contributed by atoms with Gasteiger partial charge in [0.2, 0.25) is 5.91 Å². The summed E-state index contributed by atoms with van der Waals surface area (Å²) in [6.45, 7) is 5.58. The van der Waals surface area contributed by atoms with Crippen molar-refractivity contribution in [3.63, 3.8) is 0 Å². The third kappa shape index (κ3) is 5.33. The molecule has 1 saturated heterocycles. The molecule has 1 atom stereocenters. The largest absolute Gasteiger partial charge is 0.343 e. The van der Waals surface area contributed by atoms with E-state index in [2.05, 4.69) is 6.92 Å². The van der Waals surface area contributed by atoms with Crippen LogP contribution in [0.2, 0.25) is 0 Å². The first-order valence-corrected chi connectivity index (χ1v) is 6.90. The van der Waals surface area contributed by atoms with Gasteiger partial charge in [-0.15, -0.1) is 0 Å². The zero-order valence-corrected chi connectivity index (χ0v) is 11.2. The Morgan fingerprint density at radius 2 is 2.12 bits per heavy atom. The van der Waals surface area contributed by atoms with E-state index in [0.29, 0.717) is 18.7 Å². The summed E-state index contributed by atoms with van der Waals surface area (Å²) < 4.78 is 0. The molecule has 0 aromatic rings. The zero-order chi connectivity index (χ0) is 12.7. The number of hydrogen-bond donors (Lipinski definition) is 0. The second-order valence-electron chi connectivity index (χ2n) is 5.14. The summed E-state index contributed by atoms with van der Waals surface area (Å²) in [6, 6.07) is 0. The molecule has 1 heterocycles. The smallest absolute Gasteiger partial charge is 0.222 e. The van der Waals surface area contributed by atoms with Gasteiger partial charge in [-0.05, 0) is 38.5 Å². The molecule has 1 aliphatic heterocycles. The predicted molar refractivity (Wildman–Crippen MR) is 68.7 cm³/mol. The van der Waals surface area contributed by atoms with Crippen LogP contribution in [0.25, 0.3) is 0 Å². The van der Waals surface area contributed by atoms with Gasteiger partial charge >= 0.3 is 0 Å². The Morgan fingerprint density at radius 3 is 2.76 bits per heavy atom. The molecular weight excluding hydrogens is 214 g/mol. The van der Waals surface area contributed by atoms with Crippen molar-refractivity contribution < 1.29 is 9.59 Å². The first kappa shape index (κ1) is 14.2. The summed E-state index contributed by atoms with van der Waals surface area (Å²) in [5, 5.41) is 0. The van der Waals surface area contributed by atoms with Crippen LogP contribution in [-0.2, 0) is 9.59 Å². The summed E-state index contributed by atoms with van der Waals surface area (Å²) in [5.74, 6) is 1.28. The maximum atomic E-state index is 11.9. The van der Waals surface area contributed by atoms with Gasteiger partial charge in [0.1, 0.15) is 5.78 Å². The Morgan fingerprint density at radius 1 is 1.35 bits per heavy atom. The Balaban J connectivity index is 2.27. The number of ketones is 1. The van der Waals surface area contributed by atoms with Gasteiger partial charge < -0.3 is 9.69 Å². The highest BCUT2D eigenvalue weighted by Gasteiger charge is 2.20. The number of carbonyl (C=O) groups excluding carboxylic acids is 2. The molecule has 1 amide bonds. The van der Waals surface area contributed by atoms with Gasteiger partial charge in [-0.3, -0.25) is 4.79 Å². The summed E-state index contributed by atoms with van der Waals surface area (Å²) in [7, 11) is 0. The van der Waals surface area contributed by atoms with E-state index >= 15 is 0 Å². The highest BCUT2D eigenvalue weighted by molar-refractivity contribution is 5.76. The van der Waals surface area contributed by atoms with Crippen LogP contribution in [-0.4, -0.2) is 29.7 Å². The van der Waals surface area contributed by atoms with Crippen LogP contribution in [0.15, 0.2) is 0 Å². The van der Waals surface area contributed by atoms with Crippen molar-refractivity contribution in [3.8, 4) is 0 Å². The number of nitrogens with zero attached hydrogens (tertiary/aromatic N) is 1. The van der Waals surface area contributed by atoms with Crippen molar-refractivity contribution in [2.45, 2.75) is 58.8 Å². The van der Waals surface area contributed by atoms with Crippen LogP contribution < -0.4 is 0 Å². The van der Waals surface area contributed by atoms with Gasteiger partial charge in [0.05, 0.1) is 0 Å². The Bertz CT molecular complexity index is 263. The molecule has 0 aromatic heterocycles.